The summed E-state index contributed by atoms with van der Waals surface area (Å²) in [5, 5.41) is 7.33. The maximum absolute atomic E-state index is 13.5. The van der Waals surface area contributed by atoms with Gasteiger partial charge in [-0.3, -0.25) is 19.6 Å². The van der Waals surface area contributed by atoms with Gasteiger partial charge in [0.15, 0.2) is 12.4 Å². The highest BCUT2D eigenvalue weighted by atomic mass is 19.1. The molecule has 0 radical (unpaired) electrons. The van der Waals surface area contributed by atoms with Crippen molar-refractivity contribution in [1.82, 2.24) is 20.1 Å². The molecule has 0 unspecified atom stereocenters. The van der Waals surface area contributed by atoms with Gasteiger partial charge in [-0.05, 0) is 53.6 Å². The first-order chi connectivity index (χ1) is 17.2. The van der Waals surface area contributed by atoms with Crippen molar-refractivity contribution in [3.63, 3.8) is 0 Å². The number of hydrogen-bond acceptors (Lipinski definition) is 5. The summed E-state index contributed by atoms with van der Waals surface area (Å²) in [6, 6.07) is 11.8. The van der Waals surface area contributed by atoms with Crippen LogP contribution in [0, 0.1) is 5.82 Å². The molecule has 1 fully saturated rings. The van der Waals surface area contributed by atoms with Crippen LogP contribution in [0.1, 0.15) is 62.4 Å². The standard InChI is InChI=1S/C27H30FN5O3/c1-27(2,3)18-8-11-22-21(14-18)33(25(35)16-36-22)15-24(34)32-12-4-5-20(32)26-29-23(30-31-26)13-17-6-9-19(28)10-7-17/h6-11,14,20H,4-5,12-13,15-16H2,1-3H3,(H,29,30,31)/t20-/m1/s1. The molecule has 1 aromatic heterocycles. The van der Waals surface area contributed by atoms with E-state index in [0.29, 0.717) is 36.1 Å². The van der Waals surface area contributed by atoms with Crippen LogP contribution >= 0.6 is 0 Å². The number of nitrogens with zero attached hydrogens (tertiary/aromatic N) is 4. The van der Waals surface area contributed by atoms with Crippen molar-refractivity contribution in [2.75, 3.05) is 24.6 Å². The van der Waals surface area contributed by atoms with E-state index in [1.807, 2.05) is 18.2 Å². The summed E-state index contributed by atoms with van der Waals surface area (Å²) in [6.45, 7) is 6.74. The fourth-order valence-corrected chi connectivity index (χ4v) is 4.74. The van der Waals surface area contributed by atoms with Crippen LogP contribution in [0.2, 0.25) is 0 Å². The lowest BCUT2D eigenvalue weighted by atomic mass is 9.86. The Kier molecular flexibility index (Phi) is 6.24. The molecule has 188 valence electrons. The minimum absolute atomic E-state index is 0.0633. The monoisotopic (exact) mass is 491 g/mol. The Labute approximate surface area is 209 Å². The second-order valence-electron chi connectivity index (χ2n) is 10.4. The van der Waals surface area contributed by atoms with E-state index in [0.717, 1.165) is 24.0 Å². The first-order valence-corrected chi connectivity index (χ1v) is 12.2. The summed E-state index contributed by atoms with van der Waals surface area (Å²) in [6.07, 6.45) is 2.07. The number of hydrogen-bond donors (Lipinski definition) is 1. The SMILES string of the molecule is CC(C)(C)c1ccc2c(c1)N(CC(=O)N1CCC[C@@H]1c1n[nH]c(Cc3ccc(F)cc3)n1)C(=O)CO2. The Morgan fingerprint density at radius 3 is 2.72 bits per heavy atom. The Morgan fingerprint density at radius 2 is 1.97 bits per heavy atom. The molecule has 0 spiro atoms. The van der Waals surface area contributed by atoms with E-state index in [1.165, 1.54) is 17.0 Å². The van der Waals surface area contributed by atoms with E-state index in [4.69, 9.17) is 4.74 Å². The molecule has 9 heteroatoms. The summed E-state index contributed by atoms with van der Waals surface area (Å²) in [7, 11) is 0. The van der Waals surface area contributed by atoms with Gasteiger partial charge in [0.1, 0.15) is 23.9 Å². The van der Waals surface area contributed by atoms with Crippen LogP contribution in [-0.2, 0) is 21.4 Å². The second-order valence-corrected chi connectivity index (χ2v) is 10.4. The number of ether oxygens (including phenoxy) is 1. The lowest BCUT2D eigenvalue weighted by molar-refractivity contribution is -0.132. The number of likely N-dealkylation sites (tertiary alicyclic amines) is 1. The Balaban J connectivity index is 1.32. The minimum Gasteiger partial charge on any atom is -0.482 e. The first kappa shape index (κ1) is 24.0. The molecule has 1 N–H and O–H groups in total. The molecule has 2 aliphatic heterocycles. The molecule has 0 bridgehead atoms. The van der Waals surface area contributed by atoms with Gasteiger partial charge in [-0.25, -0.2) is 9.37 Å². The minimum atomic E-state index is -0.284. The number of rotatable bonds is 5. The van der Waals surface area contributed by atoms with Gasteiger partial charge in [-0.15, -0.1) is 0 Å². The van der Waals surface area contributed by atoms with Gasteiger partial charge in [0, 0.05) is 13.0 Å². The smallest absolute Gasteiger partial charge is 0.265 e. The number of amides is 2. The summed E-state index contributed by atoms with van der Waals surface area (Å²) in [4.78, 5) is 34.2. The van der Waals surface area contributed by atoms with Gasteiger partial charge in [-0.2, -0.15) is 5.10 Å². The topological polar surface area (TPSA) is 91.4 Å². The number of aromatic amines is 1. The number of anilines is 1. The van der Waals surface area contributed by atoms with Crippen LogP contribution in [0.25, 0.3) is 0 Å². The molecule has 2 amide bonds. The number of carbonyl (C=O) groups excluding carboxylic acids is 2. The van der Waals surface area contributed by atoms with E-state index >= 15 is 0 Å². The van der Waals surface area contributed by atoms with Crippen LogP contribution in [0.3, 0.4) is 0 Å². The van der Waals surface area contributed by atoms with Crippen LogP contribution < -0.4 is 9.64 Å². The highest BCUT2D eigenvalue weighted by Gasteiger charge is 2.36. The van der Waals surface area contributed by atoms with Gasteiger partial charge in [0.2, 0.25) is 5.91 Å². The van der Waals surface area contributed by atoms with Crippen molar-refractivity contribution in [2.45, 2.75) is 51.5 Å². The third kappa shape index (κ3) is 4.82. The molecule has 0 saturated carbocycles. The summed E-state index contributed by atoms with van der Waals surface area (Å²) in [5.74, 6) is 1.15. The average Bonchev–Trinajstić information content (AvgIpc) is 3.51. The van der Waals surface area contributed by atoms with Gasteiger partial charge in [-0.1, -0.05) is 39.0 Å². The molecule has 8 nitrogen and oxygen atoms in total. The molecule has 2 aliphatic rings. The molecule has 0 aliphatic carbocycles. The predicted molar refractivity (Wildman–Crippen MR) is 132 cm³/mol. The number of aromatic nitrogens is 3. The molecular formula is C27H30FN5O3. The van der Waals surface area contributed by atoms with Gasteiger partial charge >= 0.3 is 0 Å². The van der Waals surface area contributed by atoms with Crippen LogP contribution in [0.4, 0.5) is 10.1 Å². The number of benzene rings is 2. The van der Waals surface area contributed by atoms with E-state index < -0.39 is 0 Å². The van der Waals surface area contributed by atoms with Gasteiger partial charge in [0.05, 0.1) is 11.7 Å². The first-order valence-electron chi connectivity index (χ1n) is 12.2. The van der Waals surface area contributed by atoms with E-state index in [9.17, 15) is 14.0 Å². The third-order valence-corrected chi connectivity index (χ3v) is 6.77. The number of carbonyl (C=O) groups is 2. The van der Waals surface area contributed by atoms with Crippen LogP contribution in [0.5, 0.6) is 5.75 Å². The van der Waals surface area contributed by atoms with Crippen LogP contribution in [0.15, 0.2) is 42.5 Å². The van der Waals surface area contributed by atoms with Gasteiger partial charge in [0.25, 0.3) is 5.91 Å². The molecule has 3 heterocycles. The largest absolute Gasteiger partial charge is 0.482 e. The molecule has 36 heavy (non-hydrogen) atoms. The third-order valence-electron chi connectivity index (χ3n) is 6.77. The lowest BCUT2D eigenvalue weighted by Crippen LogP contribution is -2.46. The zero-order valence-corrected chi connectivity index (χ0v) is 20.8. The number of fused-ring (bicyclic) bond motifs is 1. The Hall–Kier alpha value is -3.75. The second kappa shape index (κ2) is 9.37. The maximum atomic E-state index is 13.5. The molecule has 3 aromatic rings. The lowest BCUT2D eigenvalue weighted by Gasteiger charge is -2.32. The zero-order chi connectivity index (χ0) is 25.4. The average molecular weight is 492 g/mol. The van der Waals surface area contributed by atoms with Crippen molar-refractivity contribution in [3.05, 3.63) is 71.1 Å². The van der Waals surface area contributed by atoms with Crippen LogP contribution in [-0.4, -0.2) is 51.6 Å². The quantitative estimate of drug-likeness (QED) is 0.584. The molecule has 1 saturated heterocycles. The van der Waals surface area contributed by atoms with Crippen molar-refractivity contribution in [1.29, 1.82) is 0 Å². The summed E-state index contributed by atoms with van der Waals surface area (Å²) >= 11 is 0. The highest BCUT2D eigenvalue weighted by Crippen LogP contribution is 2.37. The Morgan fingerprint density at radius 1 is 1.19 bits per heavy atom. The summed E-state index contributed by atoms with van der Waals surface area (Å²) < 4.78 is 18.8. The van der Waals surface area contributed by atoms with E-state index in [-0.39, 0.29) is 42.2 Å². The fourth-order valence-electron chi connectivity index (χ4n) is 4.74. The number of halogens is 1. The van der Waals surface area contributed by atoms with Crippen molar-refractivity contribution >= 4 is 17.5 Å². The van der Waals surface area contributed by atoms with Crippen molar-refractivity contribution in [3.8, 4) is 5.75 Å². The molecule has 1 atom stereocenters. The van der Waals surface area contributed by atoms with E-state index in [1.54, 1.807) is 17.0 Å². The van der Waals surface area contributed by atoms with Gasteiger partial charge < -0.3 is 9.64 Å². The molecule has 2 aromatic carbocycles. The number of nitrogens with one attached hydrogen (secondary N) is 1. The molecular weight excluding hydrogens is 461 g/mol. The summed E-state index contributed by atoms with van der Waals surface area (Å²) in [5.41, 5.74) is 2.49. The van der Waals surface area contributed by atoms with E-state index in [2.05, 4.69) is 36.0 Å². The highest BCUT2D eigenvalue weighted by molar-refractivity contribution is 6.02. The fraction of sp³-hybridized carbons (Fsp3) is 0.407. The maximum Gasteiger partial charge on any atom is 0.265 e. The van der Waals surface area contributed by atoms with Crippen molar-refractivity contribution < 1.29 is 18.7 Å². The molecule has 5 rings (SSSR count). The zero-order valence-electron chi connectivity index (χ0n) is 20.8. The number of H-pyrrole nitrogens is 1. The van der Waals surface area contributed by atoms with Crippen molar-refractivity contribution in [2.24, 2.45) is 0 Å². The Bertz CT molecular complexity index is 1280. The normalized spacial score (nSPS) is 17.8. The predicted octanol–water partition coefficient (Wildman–Crippen LogP) is 3.92.